The summed E-state index contributed by atoms with van der Waals surface area (Å²) in [5.41, 5.74) is 0. The van der Waals surface area contributed by atoms with Crippen LogP contribution >= 0.6 is 0 Å². The van der Waals surface area contributed by atoms with Gasteiger partial charge in [-0.2, -0.15) is 13.2 Å². The van der Waals surface area contributed by atoms with Gasteiger partial charge >= 0.3 is 6.18 Å². The van der Waals surface area contributed by atoms with E-state index >= 15 is 0 Å². The number of alkyl halides is 3. The zero-order valence-corrected chi connectivity index (χ0v) is 10.4. The van der Waals surface area contributed by atoms with Crippen LogP contribution in [0.5, 0.6) is 0 Å². The van der Waals surface area contributed by atoms with Crippen LogP contribution in [0.25, 0.3) is 0 Å². The van der Waals surface area contributed by atoms with E-state index in [4.69, 9.17) is 0 Å². The minimum absolute atomic E-state index is 0.256. The molecule has 1 rings (SSSR count). The van der Waals surface area contributed by atoms with Crippen molar-refractivity contribution < 1.29 is 27.5 Å². The molecular weight excluding hydrogens is 267 g/mol. The Kier molecular flexibility index (Phi) is 5.55. The van der Waals surface area contributed by atoms with Gasteiger partial charge in [-0.15, -0.1) is 0 Å². The molecule has 2 amide bonds. The van der Waals surface area contributed by atoms with Crippen molar-refractivity contribution in [1.82, 2.24) is 15.5 Å². The van der Waals surface area contributed by atoms with E-state index < -0.39 is 31.3 Å². The maximum Gasteiger partial charge on any atom is 0.411 e. The molecule has 9 heteroatoms. The predicted octanol–water partition coefficient (Wildman–Crippen LogP) is -0.888. The number of hydrogen-bond donors (Lipinski definition) is 2. The molecule has 0 bridgehead atoms. The molecule has 0 aliphatic carbocycles. The van der Waals surface area contributed by atoms with E-state index in [9.17, 15) is 22.8 Å². The van der Waals surface area contributed by atoms with Gasteiger partial charge in [0.2, 0.25) is 11.8 Å². The number of hydrogen-bond acceptors (Lipinski definition) is 4. The number of carbonyl (C=O) groups excluding carboxylic acids is 2. The number of amides is 2. The summed E-state index contributed by atoms with van der Waals surface area (Å²) < 4.78 is 40.0. The van der Waals surface area contributed by atoms with Gasteiger partial charge in [-0.25, -0.2) is 0 Å². The Bertz CT molecular complexity index is 336. The fraction of sp³-hybridized carbons (Fsp3) is 0.800. The average molecular weight is 283 g/mol. The highest BCUT2D eigenvalue weighted by Crippen LogP contribution is 2.14. The normalized spacial score (nSPS) is 20.2. The van der Waals surface area contributed by atoms with Gasteiger partial charge in [0.05, 0.1) is 0 Å². The minimum atomic E-state index is -4.47. The highest BCUT2D eigenvalue weighted by molar-refractivity contribution is 5.88. The van der Waals surface area contributed by atoms with E-state index in [1.165, 1.54) is 11.9 Å². The number of nitrogens with one attached hydrogen (secondary N) is 2. The maximum atomic E-state index is 11.9. The molecule has 1 atom stereocenters. The molecule has 0 spiro atoms. The van der Waals surface area contributed by atoms with Gasteiger partial charge in [-0.05, 0) is 0 Å². The molecule has 1 heterocycles. The lowest BCUT2D eigenvalue weighted by Crippen LogP contribution is -2.59. The molecule has 110 valence electrons. The Morgan fingerprint density at radius 2 is 2.16 bits per heavy atom. The Morgan fingerprint density at radius 1 is 1.47 bits per heavy atom. The summed E-state index contributed by atoms with van der Waals surface area (Å²) in [5.74, 6) is -0.990. The van der Waals surface area contributed by atoms with Gasteiger partial charge in [-0.1, -0.05) is 0 Å². The molecule has 6 nitrogen and oxygen atoms in total. The number of nitrogens with zero attached hydrogens (tertiary/aromatic N) is 1. The number of rotatable bonds is 4. The van der Waals surface area contributed by atoms with Crippen LogP contribution in [0.2, 0.25) is 0 Å². The third-order valence-electron chi connectivity index (χ3n) is 2.60. The number of carbonyl (C=O) groups is 2. The number of ether oxygens (including phenoxy) is 1. The Labute approximate surface area is 108 Å². The van der Waals surface area contributed by atoms with E-state index in [1.54, 1.807) is 0 Å². The molecule has 0 aromatic carbocycles. The van der Waals surface area contributed by atoms with Crippen LogP contribution < -0.4 is 10.6 Å². The molecule has 0 radical (unpaired) electrons. The van der Waals surface area contributed by atoms with Crippen molar-refractivity contribution in [3.8, 4) is 0 Å². The lowest BCUT2D eigenvalue weighted by atomic mass is 10.1. The van der Waals surface area contributed by atoms with Gasteiger partial charge in [0.25, 0.3) is 0 Å². The highest BCUT2D eigenvalue weighted by Gasteiger charge is 2.33. The van der Waals surface area contributed by atoms with Crippen molar-refractivity contribution in [2.75, 3.05) is 39.9 Å². The van der Waals surface area contributed by atoms with Crippen LogP contribution in [0.4, 0.5) is 13.2 Å². The third-order valence-corrected chi connectivity index (χ3v) is 2.60. The first-order valence-electron chi connectivity index (χ1n) is 5.71. The standard InChI is InChI=1S/C10H16F3N3O3/c1-14-9(18)7-4-15-2-3-16(7)8(17)5-19-6-10(11,12)13/h7,15H,2-6H2,1H3,(H,14,18). The van der Waals surface area contributed by atoms with Crippen LogP contribution in [0.15, 0.2) is 0 Å². The van der Waals surface area contributed by atoms with Crippen molar-refractivity contribution >= 4 is 11.8 Å². The lowest BCUT2D eigenvalue weighted by molar-refractivity contribution is -0.179. The first-order chi connectivity index (χ1) is 8.85. The monoisotopic (exact) mass is 283 g/mol. The van der Waals surface area contributed by atoms with E-state index in [0.717, 1.165) is 0 Å². The maximum absolute atomic E-state index is 11.9. The largest absolute Gasteiger partial charge is 0.411 e. The minimum Gasteiger partial charge on any atom is -0.362 e. The second-order valence-corrected chi connectivity index (χ2v) is 4.03. The van der Waals surface area contributed by atoms with Crippen molar-refractivity contribution in [3.05, 3.63) is 0 Å². The van der Waals surface area contributed by atoms with Gasteiger partial charge in [-0.3, -0.25) is 9.59 Å². The Balaban J connectivity index is 2.50. The third kappa shape index (κ3) is 5.03. The van der Waals surface area contributed by atoms with Crippen LogP contribution in [-0.4, -0.2) is 68.8 Å². The molecule has 19 heavy (non-hydrogen) atoms. The number of halogens is 3. The van der Waals surface area contributed by atoms with Crippen LogP contribution in [0, 0.1) is 0 Å². The van der Waals surface area contributed by atoms with Crippen LogP contribution in [0.1, 0.15) is 0 Å². The van der Waals surface area contributed by atoms with Crippen molar-refractivity contribution in [2.45, 2.75) is 12.2 Å². The molecule has 1 aliphatic rings. The summed E-state index contributed by atoms with van der Waals surface area (Å²) in [5, 5.41) is 5.35. The van der Waals surface area contributed by atoms with E-state index in [-0.39, 0.29) is 19.0 Å². The second kappa shape index (κ2) is 6.71. The van der Waals surface area contributed by atoms with Gasteiger partial charge in [0.1, 0.15) is 19.3 Å². The summed E-state index contributed by atoms with van der Waals surface area (Å²) in [4.78, 5) is 24.5. The predicted molar refractivity (Wildman–Crippen MR) is 59.3 cm³/mol. The van der Waals surface area contributed by atoms with Crippen molar-refractivity contribution in [2.24, 2.45) is 0 Å². The van der Waals surface area contributed by atoms with E-state index in [2.05, 4.69) is 15.4 Å². The molecular formula is C10H16F3N3O3. The fourth-order valence-electron chi connectivity index (χ4n) is 1.74. The quantitative estimate of drug-likeness (QED) is 0.702. The summed E-state index contributed by atoms with van der Waals surface area (Å²) in [7, 11) is 1.43. The van der Waals surface area contributed by atoms with Gasteiger partial charge in [0.15, 0.2) is 0 Å². The summed E-state index contributed by atoms with van der Waals surface area (Å²) in [6.45, 7) is -1.15. The van der Waals surface area contributed by atoms with Gasteiger partial charge < -0.3 is 20.3 Å². The topological polar surface area (TPSA) is 70.7 Å². The zero-order valence-electron chi connectivity index (χ0n) is 10.4. The molecule has 0 aromatic heterocycles. The molecule has 1 fully saturated rings. The summed E-state index contributed by atoms with van der Waals surface area (Å²) >= 11 is 0. The zero-order chi connectivity index (χ0) is 14.5. The summed E-state index contributed by atoms with van der Waals surface area (Å²) in [6.07, 6.45) is -4.47. The first-order valence-corrected chi connectivity index (χ1v) is 5.71. The molecule has 0 saturated carbocycles. The number of likely N-dealkylation sites (N-methyl/N-ethyl adjacent to an activating group) is 1. The Hall–Kier alpha value is -1.35. The summed E-state index contributed by atoms with van der Waals surface area (Å²) in [6, 6.07) is -0.722. The molecule has 1 unspecified atom stereocenters. The van der Waals surface area contributed by atoms with Crippen molar-refractivity contribution in [1.29, 1.82) is 0 Å². The number of piperazine rings is 1. The molecule has 2 N–H and O–H groups in total. The SMILES string of the molecule is CNC(=O)C1CNCCN1C(=O)COCC(F)(F)F. The molecule has 1 aliphatic heterocycles. The second-order valence-electron chi connectivity index (χ2n) is 4.03. The van der Waals surface area contributed by atoms with Crippen LogP contribution in [0.3, 0.4) is 0 Å². The Morgan fingerprint density at radius 3 is 2.74 bits per heavy atom. The fourth-order valence-corrected chi connectivity index (χ4v) is 1.74. The van der Waals surface area contributed by atoms with Crippen molar-refractivity contribution in [3.63, 3.8) is 0 Å². The smallest absolute Gasteiger partial charge is 0.362 e. The van der Waals surface area contributed by atoms with Gasteiger partial charge in [0, 0.05) is 26.7 Å². The van der Waals surface area contributed by atoms with E-state index in [0.29, 0.717) is 6.54 Å². The molecule has 0 aromatic rings. The first kappa shape index (κ1) is 15.7. The van der Waals surface area contributed by atoms with Crippen LogP contribution in [-0.2, 0) is 14.3 Å². The molecule has 1 saturated heterocycles. The van der Waals surface area contributed by atoms with E-state index in [1.807, 2.05) is 0 Å². The average Bonchev–Trinajstić information content (AvgIpc) is 2.36. The lowest BCUT2D eigenvalue weighted by Gasteiger charge is -2.34. The highest BCUT2D eigenvalue weighted by atomic mass is 19.4.